The van der Waals surface area contributed by atoms with Crippen LogP contribution in [0.4, 0.5) is 5.69 Å². The highest BCUT2D eigenvalue weighted by Crippen LogP contribution is 2.14. The van der Waals surface area contributed by atoms with Gasteiger partial charge in [-0.2, -0.15) is 0 Å². The average molecular weight is 291 g/mol. The van der Waals surface area contributed by atoms with Crippen molar-refractivity contribution in [2.45, 2.75) is 6.42 Å². The number of aromatic nitrogens is 2. The molecular weight excluding hydrogens is 282 g/mol. The zero-order valence-corrected chi connectivity index (χ0v) is 10.9. The van der Waals surface area contributed by atoms with E-state index >= 15 is 0 Å². The molecule has 2 N–H and O–H groups in total. The highest BCUT2D eigenvalue weighted by molar-refractivity contribution is 7.71. The molecule has 0 amide bonds. The van der Waals surface area contributed by atoms with Crippen LogP contribution in [0, 0.1) is 14.9 Å². The van der Waals surface area contributed by atoms with Gasteiger partial charge in [0.2, 0.25) is 0 Å². The van der Waals surface area contributed by atoms with Crippen LogP contribution in [0.3, 0.4) is 0 Å². The Morgan fingerprint density at radius 1 is 1.25 bits per heavy atom. The molecule has 0 aliphatic carbocycles. The van der Waals surface area contributed by atoms with E-state index in [9.17, 15) is 19.7 Å². The SMILES string of the molecule is O=Cc1[nH]c(=S)[nH]c(=O)c1Cc1ccc([N+](=O)[O-])cc1. The lowest BCUT2D eigenvalue weighted by Crippen LogP contribution is -2.18. The van der Waals surface area contributed by atoms with Gasteiger partial charge in [-0.25, -0.2) is 0 Å². The third kappa shape index (κ3) is 2.86. The molecule has 0 saturated heterocycles. The number of nitrogens with zero attached hydrogens (tertiary/aromatic N) is 1. The molecule has 0 bridgehead atoms. The lowest BCUT2D eigenvalue weighted by atomic mass is 10.0. The fourth-order valence-electron chi connectivity index (χ4n) is 1.75. The van der Waals surface area contributed by atoms with E-state index in [2.05, 4.69) is 9.97 Å². The number of nitro benzene ring substituents is 1. The number of H-pyrrole nitrogens is 2. The standard InChI is InChI=1S/C12H9N3O4S/c16-6-10-9(11(17)14-12(20)13-10)5-7-1-3-8(4-2-7)15(18)19/h1-4,6H,5H2,(H2,13,14,17,20). The second-order valence-corrected chi connectivity index (χ2v) is 4.43. The van der Waals surface area contributed by atoms with Gasteiger partial charge in [-0.1, -0.05) is 12.1 Å². The zero-order valence-electron chi connectivity index (χ0n) is 10.1. The molecule has 2 rings (SSSR count). The molecule has 8 heteroatoms. The number of nitro groups is 1. The summed E-state index contributed by atoms with van der Waals surface area (Å²) in [6.07, 6.45) is 0.694. The van der Waals surface area contributed by atoms with E-state index in [-0.39, 0.29) is 28.1 Å². The van der Waals surface area contributed by atoms with Gasteiger partial charge < -0.3 is 4.98 Å². The Kier molecular flexibility index (Phi) is 3.85. The molecule has 0 unspecified atom stereocenters. The van der Waals surface area contributed by atoms with Crippen LogP contribution >= 0.6 is 12.2 Å². The molecule has 2 aromatic rings. The number of aromatic amines is 2. The van der Waals surface area contributed by atoms with Gasteiger partial charge in [0.15, 0.2) is 11.1 Å². The number of benzene rings is 1. The number of rotatable bonds is 4. The van der Waals surface area contributed by atoms with E-state index in [0.717, 1.165) is 0 Å². The van der Waals surface area contributed by atoms with E-state index in [4.69, 9.17) is 12.2 Å². The Hall–Kier alpha value is -2.61. The normalized spacial score (nSPS) is 10.2. The maximum Gasteiger partial charge on any atom is 0.269 e. The van der Waals surface area contributed by atoms with Crippen molar-refractivity contribution in [2.24, 2.45) is 0 Å². The number of aldehydes is 1. The molecule has 0 radical (unpaired) electrons. The lowest BCUT2D eigenvalue weighted by Gasteiger charge is -2.04. The minimum absolute atomic E-state index is 0.0364. The van der Waals surface area contributed by atoms with Crippen molar-refractivity contribution in [1.29, 1.82) is 0 Å². The van der Waals surface area contributed by atoms with E-state index in [0.29, 0.717) is 11.8 Å². The van der Waals surface area contributed by atoms with Gasteiger partial charge in [-0.15, -0.1) is 0 Å². The fraction of sp³-hybridized carbons (Fsp3) is 0.0833. The predicted octanol–water partition coefficient (Wildman–Crippen LogP) is 1.74. The maximum atomic E-state index is 11.8. The minimum Gasteiger partial charge on any atom is -0.329 e. The van der Waals surface area contributed by atoms with Gasteiger partial charge in [0.25, 0.3) is 11.2 Å². The van der Waals surface area contributed by atoms with Crippen molar-refractivity contribution in [1.82, 2.24) is 9.97 Å². The summed E-state index contributed by atoms with van der Waals surface area (Å²) in [6.45, 7) is 0. The minimum atomic E-state index is -0.507. The van der Waals surface area contributed by atoms with Crippen molar-refractivity contribution in [2.75, 3.05) is 0 Å². The van der Waals surface area contributed by atoms with Crippen molar-refractivity contribution in [3.05, 3.63) is 66.3 Å². The topological polar surface area (TPSA) is 109 Å². The summed E-state index contributed by atoms with van der Waals surface area (Å²) in [7, 11) is 0. The van der Waals surface area contributed by atoms with Crippen LogP contribution < -0.4 is 5.56 Å². The van der Waals surface area contributed by atoms with E-state index in [1.807, 2.05) is 0 Å². The predicted molar refractivity (Wildman–Crippen MR) is 73.5 cm³/mol. The first-order valence-corrected chi connectivity index (χ1v) is 5.96. The third-order valence-corrected chi connectivity index (χ3v) is 2.92. The Balaban J connectivity index is 2.39. The first-order chi connectivity index (χ1) is 9.51. The number of non-ortho nitro benzene ring substituents is 1. The molecule has 7 nitrogen and oxygen atoms in total. The molecule has 0 atom stereocenters. The van der Waals surface area contributed by atoms with Crippen LogP contribution in [-0.2, 0) is 6.42 Å². The van der Waals surface area contributed by atoms with Crippen molar-refractivity contribution < 1.29 is 9.72 Å². The summed E-state index contributed by atoms with van der Waals surface area (Å²) in [5, 5.41) is 10.6. The van der Waals surface area contributed by atoms with Gasteiger partial charge in [-0.05, 0) is 17.8 Å². The van der Waals surface area contributed by atoms with E-state index in [1.54, 1.807) is 0 Å². The highest BCUT2D eigenvalue weighted by atomic mass is 32.1. The molecule has 0 aliphatic rings. The van der Waals surface area contributed by atoms with Crippen molar-refractivity contribution in [3.8, 4) is 0 Å². The molecule has 1 aromatic heterocycles. The van der Waals surface area contributed by atoms with Crippen molar-refractivity contribution in [3.63, 3.8) is 0 Å². The van der Waals surface area contributed by atoms with Gasteiger partial charge in [0, 0.05) is 24.1 Å². The molecule has 102 valence electrons. The average Bonchev–Trinajstić information content (AvgIpc) is 2.42. The number of nitrogens with one attached hydrogen (secondary N) is 2. The third-order valence-electron chi connectivity index (χ3n) is 2.72. The van der Waals surface area contributed by atoms with Crippen LogP contribution in [0.2, 0.25) is 0 Å². The summed E-state index contributed by atoms with van der Waals surface area (Å²) in [4.78, 5) is 37.8. The molecular formula is C12H9N3O4S. The zero-order chi connectivity index (χ0) is 14.7. The van der Waals surface area contributed by atoms with Gasteiger partial charge in [-0.3, -0.25) is 24.7 Å². The summed E-state index contributed by atoms with van der Waals surface area (Å²) in [6, 6.07) is 5.76. The number of hydrogen-bond donors (Lipinski definition) is 2. The molecule has 0 fully saturated rings. The monoisotopic (exact) mass is 291 g/mol. The Bertz CT molecular complexity index is 777. The van der Waals surface area contributed by atoms with Crippen LogP contribution in [0.15, 0.2) is 29.1 Å². The maximum absolute atomic E-state index is 11.8. The van der Waals surface area contributed by atoms with Crippen molar-refractivity contribution >= 4 is 24.2 Å². The second kappa shape index (κ2) is 5.57. The summed E-state index contributed by atoms with van der Waals surface area (Å²) < 4.78 is 0.0737. The first kappa shape index (κ1) is 13.8. The van der Waals surface area contributed by atoms with E-state index < -0.39 is 10.5 Å². The number of carbonyl (C=O) groups excluding carboxylic acids is 1. The molecule has 0 saturated carbocycles. The fourth-order valence-corrected chi connectivity index (χ4v) is 1.95. The van der Waals surface area contributed by atoms with Crippen LogP contribution in [0.25, 0.3) is 0 Å². The van der Waals surface area contributed by atoms with Crippen LogP contribution in [0.1, 0.15) is 21.6 Å². The smallest absolute Gasteiger partial charge is 0.269 e. The van der Waals surface area contributed by atoms with Gasteiger partial charge >= 0.3 is 0 Å². The Labute approximate surface area is 117 Å². The van der Waals surface area contributed by atoms with E-state index in [1.165, 1.54) is 24.3 Å². The molecule has 0 spiro atoms. The summed E-state index contributed by atoms with van der Waals surface area (Å²) >= 11 is 4.78. The lowest BCUT2D eigenvalue weighted by molar-refractivity contribution is -0.384. The van der Waals surface area contributed by atoms with Crippen LogP contribution in [-0.4, -0.2) is 21.2 Å². The van der Waals surface area contributed by atoms with Gasteiger partial charge in [0.05, 0.1) is 10.6 Å². The molecule has 0 aliphatic heterocycles. The number of carbonyl (C=O) groups is 1. The summed E-state index contributed by atoms with van der Waals surface area (Å²) in [5.41, 5.74) is 0.536. The largest absolute Gasteiger partial charge is 0.329 e. The number of hydrogen-bond acceptors (Lipinski definition) is 5. The Morgan fingerprint density at radius 2 is 1.90 bits per heavy atom. The molecule has 1 heterocycles. The first-order valence-electron chi connectivity index (χ1n) is 5.55. The summed E-state index contributed by atoms with van der Waals surface area (Å²) in [5.74, 6) is 0. The molecule has 20 heavy (non-hydrogen) atoms. The second-order valence-electron chi connectivity index (χ2n) is 4.02. The highest BCUT2D eigenvalue weighted by Gasteiger charge is 2.10. The van der Waals surface area contributed by atoms with Crippen LogP contribution in [0.5, 0.6) is 0 Å². The molecule has 1 aromatic carbocycles. The van der Waals surface area contributed by atoms with Gasteiger partial charge in [0.1, 0.15) is 0 Å². The quantitative estimate of drug-likeness (QED) is 0.386. The Morgan fingerprint density at radius 3 is 2.45 bits per heavy atom.